The number of hydrogen-bond acceptors (Lipinski definition) is 5. The van der Waals surface area contributed by atoms with Gasteiger partial charge in [0.15, 0.2) is 6.04 Å². The lowest BCUT2D eigenvalue weighted by Gasteiger charge is -2.40. The number of piperazine rings is 1. The minimum absolute atomic E-state index is 0.118. The average molecular weight is 443 g/mol. The zero-order valence-electron chi connectivity index (χ0n) is 16.4. The summed E-state index contributed by atoms with van der Waals surface area (Å²) >= 11 is 7.44. The standard InChI is InChI=1S/C22H19ClN2O4S/c1-28-16-9-10-18(29-2)17(12-16)24-13-20(26)25(15-7-5-14(23)6-8-15)21(22(24)27)19-4-3-11-30-19/h3-12,21H,13H2,1-2H3/t21-/m0/s1. The molecule has 1 aliphatic rings. The first-order valence-corrected chi connectivity index (χ1v) is 10.4. The van der Waals surface area contributed by atoms with Gasteiger partial charge < -0.3 is 9.47 Å². The predicted octanol–water partition coefficient (Wildman–Crippen LogP) is 4.54. The highest BCUT2D eigenvalue weighted by molar-refractivity contribution is 7.10. The first kappa shape index (κ1) is 20.3. The maximum Gasteiger partial charge on any atom is 0.256 e. The number of carbonyl (C=O) groups excluding carboxylic acids is 2. The third-order valence-electron chi connectivity index (χ3n) is 4.91. The SMILES string of the molecule is COc1ccc(OC)c(N2CC(=O)N(c3ccc(Cl)cc3)[C@@H](c3cccs3)C2=O)c1. The van der Waals surface area contributed by atoms with Gasteiger partial charge in [0.1, 0.15) is 18.0 Å². The lowest BCUT2D eigenvalue weighted by Crippen LogP contribution is -2.56. The minimum atomic E-state index is -0.789. The van der Waals surface area contributed by atoms with E-state index in [-0.39, 0.29) is 18.4 Å². The molecule has 0 saturated carbocycles. The summed E-state index contributed by atoms with van der Waals surface area (Å²) in [5.74, 6) is 0.624. The van der Waals surface area contributed by atoms with Crippen molar-refractivity contribution in [3.8, 4) is 11.5 Å². The second kappa shape index (κ2) is 8.38. The van der Waals surface area contributed by atoms with Crippen LogP contribution in [0.3, 0.4) is 0 Å². The molecular weight excluding hydrogens is 424 g/mol. The van der Waals surface area contributed by atoms with Crippen LogP contribution in [-0.2, 0) is 9.59 Å². The van der Waals surface area contributed by atoms with Crippen LogP contribution in [0.5, 0.6) is 11.5 Å². The van der Waals surface area contributed by atoms with Crippen molar-refractivity contribution in [2.75, 3.05) is 30.6 Å². The molecule has 8 heteroatoms. The third-order valence-corrected chi connectivity index (χ3v) is 6.09. The second-order valence-corrected chi connectivity index (χ2v) is 8.04. The number of amides is 2. The van der Waals surface area contributed by atoms with Gasteiger partial charge in [0.05, 0.1) is 19.9 Å². The Bertz CT molecular complexity index is 1070. The van der Waals surface area contributed by atoms with Crippen LogP contribution in [0.4, 0.5) is 11.4 Å². The number of hydrogen-bond donors (Lipinski definition) is 0. The summed E-state index contributed by atoms with van der Waals surface area (Å²) in [6.45, 7) is -0.118. The van der Waals surface area contributed by atoms with Crippen LogP contribution in [0, 0.1) is 0 Å². The Morgan fingerprint density at radius 2 is 1.80 bits per heavy atom. The number of thiophene rings is 1. The van der Waals surface area contributed by atoms with Gasteiger partial charge in [-0.2, -0.15) is 0 Å². The van der Waals surface area contributed by atoms with Crippen molar-refractivity contribution in [3.63, 3.8) is 0 Å². The van der Waals surface area contributed by atoms with E-state index in [1.54, 1.807) is 49.6 Å². The molecule has 0 spiro atoms. The van der Waals surface area contributed by atoms with Crippen LogP contribution >= 0.6 is 22.9 Å². The molecule has 6 nitrogen and oxygen atoms in total. The average Bonchev–Trinajstić information content (AvgIpc) is 3.29. The second-order valence-electron chi connectivity index (χ2n) is 6.62. The van der Waals surface area contributed by atoms with Gasteiger partial charge in [0.25, 0.3) is 5.91 Å². The first-order valence-electron chi connectivity index (χ1n) is 9.18. The molecule has 2 heterocycles. The van der Waals surface area contributed by atoms with E-state index < -0.39 is 6.04 Å². The molecular formula is C22H19ClN2O4S. The van der Waals surface area contributed by atoms with E-state index in [0.29, 0.717) is 27.9 Å². The van der Waals surface area contributed by atoms with Gasteiger partial charge in [-0.3, -0.25) is 19.4 Å². The highest BCUT2D eigenvalue weighted by atomic mass is 35.5. The topological polar surface area (TPSA) is 59.1 Å². The van der Waals surface area contributed by atoms with Gasteiger partial charge in [0.2, 0.25) is 5.91 Å². The van der Waals surface area contributed by atoms with E-state index in [9.17, 15) is 9.59 Å². The van der Waals surface area contributed by atoms with Gasteiger partial charge in [-0.25, -0.2) is 0 Å². The number of benzene rings is 2. The number of ether oxygens (including phenoxy) is 2. The van der Waals surface area contributed by atoms with E-state index in [1.807, 2.05) is 17.5 Å². The highest BCUT2D eigenvalue weighted by Crippen LogP contribution is 2.40. The fourth-order valence-corrected chi connectivity index (χ4v) is 4.43. The molecule has 2 amide bonds. The Hall–Kier alpha value is -3.03. The molecule has 0 bridgehead atoms. The zero-order chi connectivity index (χ0) is 21.3. The van der Waals surface area contributed by atoms with Crippen molar-refractivity contribution in [1.82, 2.24) is 0 Å². The van der Waals surface area contributed by atoms with Crippen LogP contribution in [0.2, 0.25) is 5.02 Å². The predicted molar refractivity (Wildman–Crippen MR) is 118 cm³/mol. The molecule has 154 valence electrons. The van der Waals surface area contributed by atoms with Crippen molar-refractivity contribution >= 4 is 46.1 Å². The van der Waals surface area contributed by atoms with E-state index >= 15 is 0 Å². The van der Waals surface area contributed by atoms with Crippen molar-refractivity contribution in [1.29, 1.82) is 0 Å². The smallest absolute Gasteiger partial charge is 0.256 e. The lowest BCUT2D eigenvalue weighted by atomic mass is 10.1. The van der Waals surface area contributed by atoms with Crippen LogP contribution in [0.25, 0.3) is 0 Å². The summed E-state index contributed by atoms with van der Waals surface area (Å²) in [5.41, 5.74) is 1.11. The van der Waals surface area contributed by atoms with E-state index in [0.717, 1.165) is 4.88 Å². The summed E-state index contributed by atoms with van der Waals surface area (Å²) in [6.07, 6.45) is 0. The Labute approximate surface area is 183 Å². The van der Waals surface area contributed by atoms with Crippen molar-refractivity contribution < 1.29 is 19.1 Å². The molecule has 0 unspecified atom stereocenters. The fourth-order valence-electron chi connectivity index (χ4n) is 3.49. The first-order chi connectivity index (χ1) is 14.5. The molecule has 1 fully saturated rings. The monoisotopic (exact) mass is 442 g/mol. The number of rotatable bonds is 5. The lowest BCUT2D eigenvalue weighted by molar-refractivity contribution is -0.128. The summed E-state index contributed by atoms with van der Waals surface area (Å²) in [4.78, 5) is 30.8. The highest BCUT2D eigenvalue weighted by Gasteiger charge is 2.43. The van der Waals surface area contributed by atoms with Crippen LogP contribution in [-0.4, -0.2) is 32.6 Å². The summed E-state index contributed by atoms with van der Waals surface area (Å²) in [7, 11) is 3.07. The normalized spacial score (nSPS) is 16.7. The largest absolute Gasteiger partial charge is 0.497 e. The quantitative estimate of drug-likeness (QED) is 0.582. The molecule has 4 rings (SSSR count). The third kappa shape index (κ3) is 3.62. The molecule has 1 atom stereocenters. The van der Waals surface area contributed by atoms with Crippen molar-refractivity contribution in [2.45, 2.75) is 6.04 Å². The van der Waals surface area contributed by atoms with Crippen LogP contribution < -0.4 is 19.3 Å². The minimum Gasteiger partial charge on any atom is -0.497 e. The van der Waals surface area contributed by atoms with Gasteiger partial charge in [-0.15, -0.1) is 11.3 Å². The molecule has 1 aliphatic heterocycles. The molecule has 0 N–H and O–H groups in total. The molecule has 0 aliphatic carbocycles. The maximum atomic E-state index is 13.7. The van der Waals surface area contributed by atoms with E-state index in [4.69, 9.17) is 21.1 Å². The number of carbonyl (C=O) groups is 2. The number of nitrogens with zero attached hydrogens (tertiary/aromatic N) is 2. The number of methoxy groups -OCH3 is 2. The van der Waals surface area contributed by atoms with Crippen molar-refractivity contribution in [2.24, 2.45) is 0 Å². The molecule has 2 aromatic carbocycles. The summed E-state index contributed by atoms with van der Waals surface area (Å²) in [6, 6.07) is 15.0. The Morgan fingerprint density at radius 1 is 1.03 bits per heavy atom. The Morgan fingerprint density at radius 3 is 2.43 bits per heavy atom. The molecule has 3 aromatic rings. The Balaban J connectivity index is 1.81. The summed E-state index contributed by atoms with van der Waals surface area (Å²) < 4.78 is 10.8. The summed E-state index contributed by atoms with van der Waals surface area (Å²) in [5, 5.41) is 2.45. The zero-order valence-corrected chi connectivity index (χ0v) is 17.9. The van der Waals surface area contributed by atoms with Gasteiger partial charge in [0, 0.05) is 21.7 Å². The molecule has 0 radical (unpaired) electrons. The van der Waals surface area contributed by atoms with Crippen LogP contribution in [0.15, 0.2) is 60.0 Å². The maximum absolute atomic E-state index is 13.7. The van der Waals surface area contributed by atoms with Crippen molar-refractivity contribution in [3.05, 3.63) is 69.9 Å². The van der Waals surface area contributed by atoms with Gasteiger partial charge in [-0.05, 0) is 47.8 Å². The number of halogens is 1. The van der Waals surface area contributed by atoms with Gasteiger partial charge >= 0.3 is 0 Å². The Kier molecular flexibility index (Phi) is 5.65. The molecule has 1 saturated heterocycles. The fraction of sp³-hybridized carbons (Fsp3) is 0.182. The van der Waals surface area contributed by atoms with Crippen LogP contribution in [0.1, 0.15) is 10.9 Å². The molecule has 30 heavy (non-hydrogen) atoms. The van der Waals surface area contributed by atoms with E-state index in [2.05, 4.69) is 0 Å². The molecule has 1 aromatic heterocycles. The van der Waals surface area contributed by atoms with Gasteiger partial charge in [-0.1, -0.05) is 17.7 Å². The van der Waals surface area contributed by atoms with E-state index in [1.165, 1.54) is 28.2 Å². The number of anilines is 2.